The second-order valence-electron chi connectivity index (χ2n) is 7.58. The smallest absolute Gasteiger partial charge is 0.194 e. The van der Waals surface area contributed by atoms with Gasteiger partial charge in [-0.25, -0.2) is 0 Å². The number of rotatable bonds is 9. The van der Waals surface area contributed by atoms with Crippen LogP contribution in [0, 0.1) is 0 Å². The van der Waals surface area contributed by atoms with Crippen LogP contribution in [0.4, 0.5) is 0 Å². The van der Waals surface area contributed by atoms with Crippen molar-refractivity contribution in [3.05, 3.63) is 42.0 Å². The fraction of sp³-hybridized carbons (Fsp3) is 0.591. The van der Waals surface area contributed by atoms with Crippen molar-refractivity contribution in [2.45, 2.75) is 56.7 Å². The summed E-state index contributed by atoms with van der Waals surface area (Å²) in [4.78, 5) is 8.37. The molecular weight excluding hydrogens is 523 g/mol. The molecule has 0 spiro atoms. The fourth-order valence-corrected chi connectivity index (χ4v) is 3.97. The first kappa shape index (κ1) is 25.9. The lowest BCUT2D eigenvalue weighted by atomic mass is 10.1. The largest absolute Gasteiger partial charge is 0.376 e. The van der Waals surface area contributed by atoms with Crippen LogP contribution >= 0.6 is 35.7 Å². The number of guanidine groups is 1. The van der Waals surface area contributed by atoms with E-state index in [1.54, 1.807) is 18.1 Å². The third kappa shape index (κ3) is 8.27. The molecule has 0 bridgehead atoms. The number of aryl methyl sites for hydroxylation is 1. The maximum atomic E-state index is 5.87. The number of halogens is 1. The van der Waals surface area contributed by atoms with Gasteiger partial charge in [-0.1, -0.05) is 19.1 Å². The summed E-state index contributed by atoms with van der Waals surface area (Å²) in [6, 6.07) is 8.72. The average molecular weight is 559 g/mol. The maximum absolute atomic E-state index is 5.87. The Bertz CT molecular complexity index is 792. The van der Waals surface area contributed by atoms with E-state index in [2.05, 4.69) is 69.5 Å². The highest BCUT2D eigenvalue weighted by Crippen LogP contribution is 2.16. The molecule has 2 aromatic rings. The molecule has 0 amide bonds. The zero-order valence-electron chi connectivity index (χ0n) is 18.8. The van der Waals surface area contributed by atoms with Gasteiger partial charge in [-0.3, -0.25) is 4.99 Å². The normalized spacial score (nSPS) is 16.6. The molecule has 1 unspecified atom stereocenters. The predicted molar refractivity (Wildman–Crippen MR) is 138 cm³/mol. The molecule has 3 rings (SSSR count). The van der Waals surface area contributed by atoms with Gasteiger partial charge in [0.05, 0.1) is 12.6 Å². The van der Waals surface area contributed by atoms with Gasteiger partial charge >= 0.3 is 0 Å². The molecule has 172 valence electrons. The van der Waals surface area contributed by atoms with Crippen LogP contribution in [0.2, 0.25) is 0 Å². The predicted octanol–water partition coefficient (Wildman–Crippen LogP) is 3.83. The van der Waals surface area contributed by atoms with Crippen molar-refractivity contribution in [3.8, 4) is 0 Å². The van der Waals surface area contributed by atoms with Gasteiger partial charge in [0.15, 0.2) is 5.96 Å². The van der Waals surface area contributed by atoms with Crippen LogP contribution in [0.5, 0.6) is 0 Å². The molecule has 1 aliphatic rings. The van der Waals surface area contributed by atoms with E-state index in [-0.39, 0.29) is 30.1 Å². The van der Waals surface area contributed by atoms with Gasteiger partial charge in [-0.05, 0) is 43.2 Å². The number of aliphatic imine (C=N–C) groups is 1. The molecular formula is C22H35IN6OS. The molecule has 0 radical (unpaired) electrons. The van der Waals surface area contributed by atoms with Gasteiger partial charge in [0.1, 0.15) is 12.2 Å². The van der Waals surface area contributed by atoms with Crippen LogP contribution in [-0.2, 0) is 24.2 Å². The third-order valence-corrected chi connectivity index (χ3v) is 6.05. The van der Waals surface area contributed by atoms with Gasteiger partial charge in [0.25, 0.3) is 0 Å². The van der Waals surface area contributed by atoms with Crippen molar-refractivity contribution >= 4 is 41.7 Å². The van der Waals surface area contributed by atoms with E-state index in [0.717, 1.165) is 57.3 Å². The van der Waals surface area contributed by atoms with Crippen LogP contribution in [-0.4, -0.2) is 64.7 Å². The van der Waals surface area contributed by atoms with Crippen LogP contribution in [0.1, 0.15) is 37.6 Å². The third-order valence-electron chi connectivity index (χ3n) is 5.31. The summed E-state index contributed by atoms with van der Waals surface area (Å²) in [7, 11) is 2.09. The summed E-state index contributed by atoms with van der Waals surface area (Å²) in [6.07, 6.45) is 8.49. The molecule has 1 fully saturated rings. The molecule has 7 nitrogen and oxygen atoms in total. The molecule has 1 saturated heterocycles. The molecule has 1 aliphatic heterocycles. The number of hydrogen-bond acceptors (Lipinski definition) is 5. The highest BCUT2D eigenvalue weighted by Gasteiger charge is 2.15. The Balaban J connectivity index is 0.00000341. The zero-order valence-corrected chi connectivity index (χ0v) is 21.9. The Morgan fingerprint density at radius 3 is 2.81 bits per heavy atom. The zero-order chi connectivity index (χ0) is 21.2. The second-order valence-corrected chi connectivity index (χ2v) is 8.46. The van der Waals surface area contributed by atoms with Crippen LogP contribution in [0.3, 0.4) is 0 Å². The number of nitrogens with one attached hydrogen (secondary N) is 1. The van der Waals surface area contributed by atoms with Crippen LogP contribution in [0.15, 0.2) is 40.5 Å². The van der Waals surface area contributed by atoms with Gasteiger partial charge in [-0.2, -0.15) is 0 Å². The Kier molecular flexibility index (Phi) is 11.7. The molecule has 0 aliphatic carbocycles. The topological polar surface area (TPSA) is 67.6 Å². The van der Waals surface area contributed by atoms with E-state index < -0.39 is 0 Å². The lowest BCUT2D eigenvalue weighted by molar-refractivity contribution is 0.0223. The summed E-state index contributed by atoms with van der Waals surface area (Å²) in [5.41, 5.74) is 1.27. The Morgan fingerprint density at radius 2 is 2.13 bits per heavy atom. The standard InChI is InChI=1S/C22H34N6OS.HI/c1-4-21-26-25-17-28(21)13-12-23-22(24-15-19-7-5-6-14-29-19)27(2)16-18-8-10-20(30-3)11-9-18;/h8-11,17,19H,4-7,12-16H2,1-3H3,(H,23,24);1H. The van der Waals surface area contributed by atoms with Gasteiger partial charge < -0.3 is 19.5 Å². The molecule has 1 aromatic carbocycles. The molecule has 1 N–H and O–H groups in total. The summed E-state index contributed by atoms with van der Waals surface area (Å²) in [6.45, 7) is 6.04. The van der Waals surface area contributed by atoms with Crippen molar-refractivity contribution in [1.29, 1.82) is 0 Å². The van der Waals surface area contributed by atoms with E-state index in [1.807, 2.05) is 0 Å². The maximum Gasteiger partial charge on any atom is 0.194 e. The van der Waals surface area contributed by atoms with E-state index in [1.165, 1.54) is 16.9 Å². The number of aromatic nitrogens is 3. The molecule has 9 heteroatoms. The van der Waals surface area contributed by atoms with E-state index >= 15 is 0 Å². The summed E-state index contributed by atoms with van der Waals surface area (Å²) in [5, 5.41) is 11.7. The summed E-state index contributed by atoms with van der Waals surface area (Å²) < 4.78 is 7.96. The number of ether oxygens (including phenoxy) is 1. The van der Waals surface area contributed by atoms with Gasteiger partial charge in [-0.15, -0.1) is 45.9 Å². The second kappa shape index (κ2) is 13.9. The highest BCUT2D eigenvalue weighted by atomic mass is 127. The first-order chi connectivity index (χ1) is 14.7. The minimum absolute atomic E-state index is 0. The minimum Gasteiger partial charge on any atom is -0.376 e. The van der Waals surface area contributed by atoms with Crippen LogP contribution < -0.4 is 5.32 Å². The quantitative estimate of drug-likeness (QED) is 0.219. The number of nitrogens with zero attached hydrogens (tertiary/aromatic N) is 5. The average Bonchev–Trinajstić information content (AvgIpc) is 3.24. The molecule has 0 saturated carbocycles. The number of thioether (sulfide) groups is 1. The Morgan fingerprint density at radius 1 is 1.32 bits per heavy atom. The van der Waals surface area contributed by atoms with Gasteiger partial charge in [0.2, 0.25) is 0 Å². The lowest BCUT2D eigenvalue weighted by Crippen LogP contribution is -2.40. The fourth-order valence-electron chi connectivity index (χ4n) is 3.56. The van der Waals surface area contributed by atoms with Gasteiger partial charge in [0, 0.05) is 44.6 Å². The number of benzene rings is 1. The Hall–Kier alpha value is -1.33. The van der Waals surface area contributed by atoms with Crippen molar-refractivity contribution in [1.82, 2.24) is 25.0 Å². The molecule has 31 heavy (non-hydrogen) atoms. The highest BCUT2D eigenvalue weighted by molar-refractivity contribution is 14.0. The Labute approximate surface area is 207 Å². The first-order valence-corrected chi connectivity index (χ1v) is 12.0. The van der Waals surface area contributed by atoms with Crippen molar-refractivity contribution in [2.24, 2.45) is 4.99 Å². The first-order valence-electron chi connectivity index (χ1n) is 10.8. The van der Waals surface area contributed by atoms with E-state index in [4.69, 9.17) is 9.73 Å². The van der Waals surface area contributed by atoms with Crippen molar-refractivity contribution in [2.75, 3.05) is 33.0 Å². The molecule has 1 atom stereocenters. The number of hydrogen-bond donors (Lipinski definition) is 1. The van der Waals surface area contributed by atoms with Crippen LogP contribution in [0.25, 0.3) is 0 Å². The summed E-state index contributed by atoms with van der Waals surface area (Å²) >= 11 is 1.76. The van der Waals surface area contributed by atoms with Crippen molar-refractivity contribution < 1.29 is 4.74 Å². The van der Waals surface area contributed by atoms with Crippen molar-refractivity contribution in [3.63, 3.8) is 0 Å². The van der Waals surface area contributed by atoms with E-state index in [0.29, 0.717) is 6.54 Å². The van der Waals surface area contributed by atoms with E-state index in [9.17, 15) is 0 Å². The summed E-state index contributed by atoms with van der Waals surface area (Å²) in [5.74, 6) is 1.91. The monoisotopic (exact) mass is 558 g/mol. The molecule has 2 heterocycles. The molecule has 1 aromatic heterocycles. The lowest BCUT2D eigenvalue weighted by Gasteiger charge is -2.25. The SMILES string of the molecule is CCc1nncn1CCNC(=NCC1CCCCO1)N(C)Cc1ccc(SC)cc1.I. The minimum atomic E-state index is 0.